The van der Waals surface area contributed by atoms with Crippen molar-refractivity contribution in [3.05, 3.63) is 70.3 Å². The zero-order valence-corrected chi connectivity index (χ0v) is 23.2. The van der Waals surface area contributed by atoms with E-state index in [2.05, 4.69) is 21.3 Å². The van der Waals surface area contributed by atoms with Gasteiger partial charge in [-0.05, 0) is 60.4 Å². The van der Waals surface area contributed by atoms with Gasteiger partial charge in [0.15, 0.2) is 0 Å². The van der Waals surface area contributed by atoms with Gasteiger partial charge in [-0.15, -0.1) is 0 Å². The maximum atomic E-state index is 12.9. The molecule has 12 heteroatoms. The number of fused-ring (bicyclic) bond motifs is 1. The van der Waals surface area contributed by atoms with E-state index in [4.69, 9.17) is 9.84 Å². The van der Waals surface area contributed by atoms with Gasteiger partial charge in [-0.25, -0.2) is 9.59 Å². The molecule has 0 radical (unpaired) electrons. The van der Waals surface area contributed by atoms with Gasteiger partial charge in [0.1, 0.15) is 6.04 Å². The second-order valence-electron chi connectivity index (χ2n) is 11.0. The van der Waals surface area contributed by atoms with E-state index in [1.807, 2.05) is 30.3 Å². The molecule has 0 aromatic heterocycles. The van der Waals surface area contributed by atoms with Gasteiger partial charge < -0.3 is 30.7 Å². The van der Waals surface area contributed by atoms with Crippen molar-refractivity contribution in [2.75, 3.05) is 0 Å². The molecule has 42 heavy (non-hydrogen) atoms. The number of piperidine rings is 1. The van der Waals surface area contributed by atoms with Crippen molar-refractivity contribution in [3.8, 4) is 0 Å². The molecule has 1 saturated carbocycles. The Morgan fingerprint density at radius 2 is 1.60 bits per heavy atom. The smallest absolute Gasteiger partial charge is 0.404 e. The van der Waals surface area contributed by atoms with Crippen LogP contribution < -0.4 is 21.3 Å². The van der Waals surface area contributed by atoms with Gasteiger partial charge in [0.2, 0.25) is 11.8 Å². The van der Waals surface area contributed by atoms with Gasteiger partial charge in [-0.1, -0.05) is 36.4 Å². The Morgan fingerprint density at radius 1 is 0.905 bits per heavy atom. The lowest BCUT2D eigenvalue weighted by atomic mass is 9.93. The van der Waals surface area contributed by atoms with Crippen LogP contribution in [-0.2, 0) is 40.6 Å². The fourth-order valence-corrected chi connectivity index (χ4v) is 5.68. The maximum Gasteiger partial charge on any atom is 0.404 e. The van der Waals surface area contributed by atoms with Crippen molar-refractivity contribution >= 4 is 29.8 Å². The van der Waals surface area contributed by atoms with E-state index in [1.165, 1.54) is 4.90 Å². The molecule has 2 aromatic carbocycles. The number of benzene rings is 2. The van der Waals surface area contributed by atoms with Gasteiger partial charge in [0.25, 0.3) is 5.91 Å². The Morgan fingerprint density at radius 3 is 2.31 bits per heavy atom. The normalized spacial score (nSPS) is 21.9. The number of carbonyl (C=O) groups is 5. The lowest BCUT2D eigenvalue weighted by Gasteiger charge is -2.29. The molecule has 1 aliphatic carbocycles. The topological polar surface area (TPSA) is 166 Å². The summed E-state index contributed by atoms with van der Waals surface area (Å²) in [6.45, 7) is 1.34. The van der Waals surface area contributed by atoms with E-state index in [0.29, 0.717) is 31.7 Å². The van der Waals surface area contributed by atoms with Crippen molar-refractivity contribution in [2.24, 2.45) is 0 Å². The largest absolute Gasteiger partial charge is 0.465 e. The van der Waals surface area contributed by atoms with Crippen LogP contribution >= 0.6 is 0 Å². The van der Waals surface area contributed by atoms with Crippen LogP contribution in [0.3, 0.4) is 0 Å². The van der Waals surface area contributed by atoms with Gasteiger partial charge in [0.05, 0.1) is 12.7 Å². The Kier molecular flexibility index (Phi) is 9.01. The highest BCUT2D eigenvalue weighted by Gasteiger charge is 2.39. The van der Waals surface area contributed by atoms with Gasteiger partial charge >= 0.3 is 12.1 Å². The van der Waals surface area contributed by atoms with Crippen LogP contribution in [0.25, 0.3) is 0 Å². The van der Waals surface area contributed by atoms with Crippen LogP contribution in [0.2, 0.25) is 0 Å². The highest BCUT2D eigenvalue weighted by Crippen LogP contribution is 2.28. The average Bonchev–Trinajstić information content (AvgIpc) is 3.30. The highest BCUT2D eigenvalue weighted by atomic mass is 16.5. The predicted molar refractivity (Wildman–Crippen MR) is 150 cm³/mol. The van der Waals surface area contributed by atoms with Crippen molar-refractivity contribution in [2.45, 2.75) is 83.0 Å². The van der Waals surface area contributed by atoms with Crippen LogP contribution in [0.15, 0.2) is 42.5 Å². The number of carbonyl (C=O) groups excluding carboxylic acids is 4. The third kappa shape index (κ3) is 7.24. The third-order valence-corrected chi connectivity index (χ3v) is 8.00. The Balaban J connectivity index is 1.01. The number of hydrogen-bond donors (Lipinski definition) is 5. The van der Waals surface area contributed by atoms with E-state index < -0.39 is 18.0 Å². The second kappa shape index (κ2) is 13.0. The Labute approximate surface area is 243 Å². The molecule has 2 heterocycles. The molecule has 5 N–H and O–H groups in total. The molecule has 2 aromatic rings. The lowest BCUT2D eigenvalue weighted by Crippen LogP contribution is -2.52. The number of amides is 6. The first-order valence-corrected chi connectivity index (χ1v) is 14.2. The molecule has 1 saturated heterocycles. The maximum absolute atomic E-state index is 12.9. The molecule has 2 fully saturated rings. The number of hydrogen-bond acceptors (Lipinski definition) is 6. The van der Waals surface area contributed by atoms with Crippen LogP contribution in [0.4, 0.5) is 9.59 Å². The first kappa shape index (κ1) is 29.1. The van der Waals surface area contributed by atoms with E-state index in [1.54, 1.807) is 12.1 Å². The molecule has 3 aliphatic rings. The van der Waals surface area contributed by atoms with Crippen molar-refractivity contribution in [3.63, 3.8) is 0 Å². The molecular formula is C30H35N5O7. The SMILES string of the molecule is O=C(O)NCc1ccc(CO[C@H]2CC[C@H](NC(=O)NCc3ccc4c(c3)CN(C3CCC(=O)NC3=O)C4=O)CC2)cc1. The third-order valence-electron chi connectivity index (χ3n) is 8.00. The number of urea groups is 1. The zero-order valence-electron chi connectivity index (χ0n) is 23.2. The quantitative estimate of drug-likeness (QED) is 0.286. The van der Waals surface area contributed by atoms with Crippen molar-refractivity contribution in [1.82, 2.24) is 26.2 Å². The van der Waals surface area contributed by atoms with Crippen LogP contribution in [0.1, 0.15) is 71.1 Å². The summed E-state index contributed by atoms with van der Waals surface area (Å²) in [5, 5.41) is 19.3. The molecule has 0 bridgehead atoms. The number of rotatable bonds is 9. The molecule has 1 atom stereocenters. The second-order valence-corrected chi connectivity index (χ2v) is 11.0. The van der Waals surface area contributed by atoms with Gasteiger partial charge in [-0.3, -0.25) is 19.7 Å². The minimum absolute atomic E-state index is 0.0607. The molecule has 5 rings (SSSR count). The molecule has 2 aliphatic heterocycles. The Hall–Kier alpha value is -4.45. The van der Waals surface area contributed by atoms with E-state index >= 15 is 0 Å². The monoisotopic (exact) mass is 577 g/mol. The summed E-state index contributed by atoms with van der Waals surface area (Å²) in [7, 11) is 0. The summed E-state index contributed by atoms with van der Waals surface area (Å²) < 4.78 is 6.06. The number of nitrogens with zero attached hydrogens (tertiary/aromatic N) is 1. The van der Waals surface area contributed by atoms with Gasteiger partial charge in [-0.2, -0.15) is 0 Å². The summed E-state index contributed by atoms with van der Waals surface area (Å²) in [6, 6.07) is 12.2. The number of nitrogens with one attached hydrogen (secondary N) is 4. The minimum atomic E-state index is -1.05. The first-order valence-electron chi connectivity index (χ1n) is 14.2. The summed E-state index contributed by atoms with van der Waals surface area (Å²) in [5.41, 5.74) is 4.10. The van der Waals surface area contributed by atoms with Crippen molar-refractivity contribution in [1.29, 1.82) is 0 Å². The minimum Gasteiger partial charge on any atom is -0.465 e. The van der Waals surface area contributed by atoms with Crippen molar-refractivity contribution < 1.29 is 33.8 Å². The number of imide groups is 1. The van der Waals surface area contributed by atoms with Gasteiger partial charge in [0, 0.05) is 37.7 Å². The highest BCUT2D eigenvalue weighted by molar-refractivity contribution is 6.05. The average molecular weight is 578 g/mol. The summed E-state index contributed by atoms with van der Waals surface area (Å²) in [5.74, 6) is -0.980. The first-order chi connectivity index (χ1) is 20.2. The number of ether oxygens (including phenoxy) is 1. The fraction of sp³-hybridized carbons (Fsp3) is 0.433. The summed E-state index contributed by atoms with van der Waals surface area (Å²) in [6.07, 6.45) is 2.90. The van der Waals surface area contributed by atoms with E-state index in [-0.39, 0.29) is 43.0 Å². The number of carboxylic acid groups (broad SMARTS) is 1. The predicted octanol–water partition coefficient (Wildman–Crippen LogP) is 2.54. The van der Waals surface area contributed by atoms with Crippen LogP contribution in [0, 0.1) is 0 Å². The lowest BCUT2D eigenvalue weighted by molar-refractivity contribution is -0.136. The standard InChI is InChI=1S/C30H35N5O7/c36-26-12-11-25(27(37)34-26)35-16-21-13-20(5-10-24(21)28(35)38)15-31-29(39)33-22-6-8-23(9-7-22)42-17-19-3-1-18(2-4-19)14-32-30(40)41/h1-5,10,13,22-23,25,32H,6-9,11-12,14-17H2,(H,40,41)(H2,31,33,39)(H,34,36,37)/t22-,23-,25?. The van der Waals surface area contributed by atoms with E-state index in [9.17, 15) is 24.0 Å². The molecule has 12 nitrogen and oxygen atoms in total. The molecule has 0 spiro atoms. The molecular weight excluding hydrogens is 542 g/mol. The molecule has 222 valence electrons. The fourth-order valence-electron chi connectivity index (χ4n) is 5.68. The van der Waals surface area contributed by atoms with E-state index in [0.717, 1.165) is 47.9 Å². The van der Waals surface area contributed by atoms with Crippen LogP contribution in [-0.4, -0.2) is 58.0 Å². The summed E-state index contributed by atoms with van der Waals surface area (Å²) >= 11 is 0. The summed E-state index contributed by atoms with van der Waals surface area (Å²) in [4.78, 5) is 61.3. The van der Waals surface area contributed by atoms with Crippen LogP contribution in [0.5, 0.6) is 0 Å². The Bertz CT molecular complexity index is 1350. The molecule has 6 amide bonds. The molecule has 1 unspecified atom stereocenters. The zero-order chi connectivity index (χ0) is 29.6.